The summed E-state index contributed by atoms with van der Waals surface area (Å²) < 4.78 is 16.6. The van der Waals surface area contributed by atoms with Gasteiger partial charge in [0.2, 0.25) is 0 Å². The summed E-state index contributed by atoms with van der Waals surface area (Å²) >= 11 is 0. The number of anilines is 2. The number of nitrogens with zero attached hydrogens (tertiary/aromatic N) is 5. The summed E-state index contributed by atoms with van der Waals surface area (Å²) in [6.07, 6.45) is 0. The molecule has 0 bridgehead atoms. The zero-order chi connectivity index (χ0) is 18.0. The van der Waals surface area contributed by atoms with Crippen LogP contribution < -0.4 is 15.5 Å². The summed E-state index contributed by atoms with van der Waals surface area (Å²) in [5.41, 5.74) is 1.54. The van der Waals surface area contributed by atoms with Crippen molar-refractivity contribution in [1.29, 1.82) is 0 Å². The highest BCUT2D eigenvalue weighted by molar-refractivity contribution is 6.02. The second kappa shape index (κ2) is 5.42. The number of aromatic nitrogens is 2. The van der Waals surface area contributed by atoms with Crippen molar-refractivity contribution in [2.75, 3.05) is 43.5 Å². The van der Waals surface area contributed by atoms with Gasteiger partial charge in [-0.3, -0.25) is 9.47 Å². The predicted octanol–water partition coefficient (Wildman–Crippen LogP) is 1.34. The molecule has 1 aromatic heterocycles. The molecule has 2 aliphatic rings. The molecule has 0 saturated carbocycles. The van der Waals surface area contributed by atoms with Crippen molar-refractivity contribution in [2.24, 2.45) is 7.05 Å². The minimum absolute atomic E-state index is 0.168. The van der Waals surface area contributed by atoms with Crippen molar-refractivity contribution in [1.82, 2.24) is 14.5 Å². The van der Waals surface area contributed by atoms with Gasteiger partial charge in [0, 0.05) is 39.8 Å². The van der Waals surface area contributed by atoms with Gasteiger partial charge in [-0.1, -0.05) is 0 Å². The number of fused-ring (bicyclic) bond motifs is 2. The van der Waals surface area contributed by atoms with Crippen LogP contribution in [0.25, 0.3) is 10.9 Å². The average molecular weight is 345 g/mol. The van der Waals surface area contributed by atoms with Gasteiger partial charge in [0.1, 0.15) is 11.6 Å². The number of benzene rings is 1. The van der Waals surface area contributed by atoms with Crippen LogP contribution in [-0.2, 0) is 7.05 Å². The molecular weight excluding hydrogens is 321 g/mol. The zero-order valence-corrected chi connectivity index (χ0v) is 15.4. The average Bonchev–Trinajstić information content (AvgIpc) is 2.66. The summed E-state index contributed by atoms with van der Waals surface area (Å²) in [6.45, 7) is 6.25. The molecular formula is C18H24FN5O. The molecule has 25 heavy (non-hydrogen) atoms. The fraction of sp³-hybridized carbons (Fsp3) is 0.556. The van der Waals surface area contributed by atoms with E-state index in [9.17, 15) is 4.79 Å². The van der Waals surface area contributed by atoms with Crippen LogP contribution in [0.2, 0.25) is 0 Å². The van der Waals surface area contributed by atoms with E-state index in [2.05, 4.69) is 28.8 Å². The summed E-state index contributed by atoms with van der Waals surface area (Å²) in [5.74, 6) is 0.402. The Kier molecular flexibility index (Phi) is 3.54. The first-order valence-corrected chi connectivity index (χ1v) is 8.67. The van der Waals surface area contributed by atoms with Crippen LogP contribution in [0.3, 0.4) is 0 Å². The van der Waals surface area contributed by atoms with Crippen molar-refractivity contribution in [3.05, 3.63) is 27.9 Å². The summed E-state index contributed by atoms with van der Waals surface area (Å²) in [7, 11) is 5.73. The van der Waals surface area contributed by atoms with E-state index in [0.29, 0.717) is 29.7 Å². The normalized spacial score (nSPS) is 23.8. The van der Waals surface area contributed by atoms with Gasteiger partial charge in [0.15, 0.2) is 0 Å². The highest BCUT2D eigenvalue weighted by Gasteiger charge is 2.37. The largest absolute Gasteiger partial charge is 0.369 e. The maximum Gasteiger partial charge on any atom is 0.349 e. The second-order valence-corrected chi connectivity index (χ2v) is 7.50. The molecule has 0 amide bonds. The van der Waals surface area contributed by atoms with Crippen LogP contribution in [0.4, 0.5) is 15.9 Å². The first kappa shape index (κ1) is 16.3. The Morgan fingerprint density at radius 2 is 1.92 bits per heavy atom. The lowest BCUT2D eigenvalue weighted by Crippen LogP contribution is -2.59. The van der Waals surface area contributed by atoms with E-state index in [-0.39, 0.29) is 17.5 Å². The van der Waals surface area contributed by atoms with E-state index in [1.165, 1.54) is 4.57 Å². The molecule has 1 aromatic carbocycles. The van der Waals surface area contributed by atoms with Gasteiger partial charge >= 0.3 is 5.69 Å². The van der Waals surface area contributed by atoms with Gasteiger partial charge < -0.3 is 9.80 Å². The number of halogens is 1. The van der Waals surface area contributed by atoms with Crippen molar-refractivity contribution < 1.29 is 4.39 Å². The highest BCUT2D eigenvalue weighted by atomic mass is 19.1. The molecule has 0 radical (unpaired) electrons. The minimum atomic E-state index is -0.297. The molecule has 1 fully saturated rings. The molecule has 6 nitrogen and oxygen atoms in total. The van der Waals surface area contributed by atoms with Gasteiger partial charge in [-0.05, 0) is 32.5 Å². The lowest BCUT2D eigenvalue weighted by molar-refractivity contribution is 0.201. The SMILES string of the molecule is Cc1cc2c3c(nc(=O)n2C)N2CC(C)N(C)CC2CN(C)c3c1F. The molecule has 0 N–H and O–H groups in total. The highest BCUT2D eigenvalue weighted by Crippen LogP contribution is 2.40. The lowest BCUT2D eigenvalue weighted by Gasteiger charge is -2.44. The maximum atomic E-state index is 15.1. The van der Waals surface area contributed by atoms with E-state index >= 15 is 4.39 Å². The van der Waals surface area contributed by atoms with Crippen molar-refractivity contribution in [3.8, 4) is 0 Å². The molecule has 3 heterocycles. The lowest BCUT2D eigenvalue weighted by atomic mass is 10.1. The van der Waals surface area contributed by atoms with Crippen LogP contribution in [0.15, 0.2) is 10.9 Å². The molecule has 2 aromatic rings. The smallest absolute Gasteiger partial charge is 0.349 e. The summed E-state index contributed by atoms with van der Waals surface area (Å²) in [5, 5.41) is 0.743. The van der Waals surface area contributed by atoms with Gasteiger partial charge in [0.25, 0.3) is 0 Å². The fourth-order valence-corrected chi connectivity index (χ4v) is 4.14. The summed E-state index contributed by atoms with van der Waals surface area (Å²) in [6, 6.07) is 2.27. The number of hydrogen-bond donors (Lipinski definition) is 0. The zero-order valence-electron chi connectivity index (χ0n) is 15.4. The van der Waals surface area contributed by atoms with E-state index < -0.39 is 0 Å². The van der Waals surface area contributed by atoms with Crippen LogP contribution in [0.5, 0.6) is 0 Å². The first-order chi connectivity index (χ1) is 11.8. The quantitative estimate of drug-likeness (QED) is 0.721. The Morgan fingerprint density at radius 1 is 1.20 bits per heavy atom. The molecule has 2 aliphatic heterocycles. The van der Waals surface area contributed by atoms with E-state index in [1.807, 2.05) is 11.9 Å². The summed E-state index contributed by atoms with van der Waals surface area (Å²) in [4.78, 5) is 23.3. The van der Waals surface area contributed by atoms with Crippen molar-refractivity contribution in [2.45, 2.75) is 25.9 Å². The number of aryl methyl sites for hydroxylation is 2. The third kappa shape index (κ3) is 2.25. The Balaban J connectivity index is 2.09. The Morgan fingerprint density at radius 3 is 2.64 bits per heavy atom. The van der Waals surface area contributed by atoms with E-state index in [1.54, 1.807) is 20.0 Å². The molecule has 0 aliphatic carbocycles. The minimum Gasteiger partial charge on any atom is -0.369 e. The molecule has 4 rings (SSSR count). The standard InChI is InChI=1S/C18H24FN5O/c1-10-6-13-14-16(15(10)19)22(4)9-12-8-21(3)11(2)7-24(12)17(14)20-18(25)23(13)5/h6,11-12H,7-9H2,1-5H3. The van der Waals surface area contributed by atoms with Gasteiger partial charge in [-0.25, -0.2) is 9.18 Å². The van der Waals surface area contributed by atoms with Crippen molar-refractivity contribution in [3.63, 3.8) is 0 Å². The Hall–Kier alpha value is -2.15. The fourth-order valence-electron chi connectivity index (χ4n) is 4.14. The van der Waals surface area contributed by atoms with Gasteiger partial charge in [-0.15, -0.1) is 0 Å². The molecule has 0 spiro atoms. The number of rotatable bonds is 0. The predicted molar refractivity (Wildman–Crippen MR) is 98.2 cm³/mol. The third-order valence-electron chi connectivity index (χ3n) is 5.76. The molecule has 7 heteroatoms. The topological polar surface area (TPSA) is 44.6 Å². The molecule has 1 saturated heterocycles. The Bertz CT molecular complexity index is 924. The maximum absolute atomic E-state index is 15.1. The number of piperazine rings is 1. The monoisotopic (exact) mass is 345 g/mol. The molecule has 134 valence electrons. The second-order valence-electron chi connectivity index (χ2n) is 7.50. The van der Waals surface area contributed by atoms with Crippen molar-refractivity contribution >= 4 is 22.4 Å². The van der Waals surface area contributed by atoms with Crippen LogP contribution in [0, 0.1) is 12.7 Å². The first-order valence-electron chi connectivity index (χ1n) is 8.67. The van der Waals surface area contributed by atoms with Gasteiger partial charge in [-0.2, -0.15) is 4.98 Å². The molecule has 2 atom stereocenters. The molecule has 2 unspecified atom stereocenters. The number of hydrogen-bond acceptors (Lipinski definition) is 5. The van der Waals surface area contributed by atoms with Crippen LogP contribution >= 0.6 is 0 Å². The van der Waals surface area contributed by atoms with Crippen LogP contribution in [0.1, 0.15) is 12.5 Å². The van der Waals surface area contributed by atoms with E-state index in [4.69, 9.17) is 0 Å². The van der Waals surface area contributed by atoms with Crippen LogP contribution in [-0.4, -0.2) is 60.3 Å². The Labute approximate surface area is 146 Å². The van der Waals surface area contributed by atoms with E-state index in [0.717, 1.165) is 24.0 Å². The van der Waals surface area contributed by atoms with Gasteiger partial charge in [0.05, 0.1) is 22.6 Å². The number of likely N-dealkylation sites (N-methyl/N-ethyl adjacent to an activating group) is 2. The third-order valence-corrected chi connectivity index (χ3v) is 5.76.